The molecule has 1 aliphatic heterocycles. The average Bonchev–Trinajstić information content (AvgIpc) is 3.32. The molecule has 3 heterocycles. The Kier molecular flexibility index (Phi) is 6.13. The van der Waals surface area contributed by atoms with Crippen molar-refractivity contribution in [2.24, 2.45) is 0 Å². The highest BCUT2D eigenvalue weighted by atomic mass is 35.5. The topological polar surface area (TPSA) is 82.4 Å². The molecule has 0 bridgehead atoms. The third-order valence-corrected chi connectivity index (χ3v) is 5.40. The predicted octanol–water partition coefficient (Wildman–Crippen LogP) is 5.04. The number of hydrogen-bond donors (Lipinski definition) is 0. The van der Waals surface area contributed by atoms with Crippen LogP contribution < -0.4 is 4.74 Å². The fourth-order valence-electron chi connectivity index (χ4n) is 3.56. The van der Waals surface area contributed by atoms with Crippen LogP contribution >= 0.6 is 23.2 Å². The molecule has 4 rings (SSSR count). The number of amides is 1. The standard InChI is InChI=1S/C21H22Cl2FN5O3/c1-21(2,3)32-20(30)28-8-4-5-13(28)11-31-16-9-12(24)6-7-15(16)29-18-14(10-25-29)17(22)26-19(23)27-18/h6-7,9-10,13H,4-5,8,11H2,1-3H3. The molecule has 1 saturated heterocycles. The van der Waals surface area contributed by atoms with Gasteiger partial charge in [0.05, 0.1) is 17.6 Å². The predicted molar refractivity (Wildman–Crippen MR) is 118 cm³/mol. The summed E-state index contributed by atoms with van der Waals surface area (Å²) in [6.07, 6.45) is 2.71. The molecule has 0 spiro atoms. The van der Waals surface area contributed by atoms with Crippen molar-refractivity contribution in [3.8, 4) is 11.4 Å². The van der Waals surface area contributed by atoms with E-state index in [2.05, 4.69) is 15.1 Å². The first-order valence-corrected chi connectivity index (χ1v) is 10.9. The van der Waals surface area contributed by atoms with Crippen molar-refractivity contribution in [1.82, 2.24) is 24.6 Å². The second kappa shape index (κ2) is 8.71. The third-order valence-electron chi connectivity index (χ3n) is 4.94. The number of nitrogens with zero attached hydrogens (tertiary/aromatic N) is 5. The molecule has 1 atom stereocenters. The van der Waals surface area contributed by atoms with Gasteiger partial charge in [-0.2, -0.15) is 10.1 Å². The molecule has 1 amide bonds. The minimum absolute atomic E-state index is 0.0345. The molecule has 0 radical (unpaired) electrons. The maximum Gasteiger partial charge on any atom is 0.410 e. The normalized spacial score (nSPS) is 16.6. The quantitative estimate of drug-likeness (QED) is 0.383. The van der Waals surface area contributed by atoms with E-state index in [0.29, 0.717) is 23.3 Å². The monoisotopic (exact) mass is 481 g/mol. The smallest absolute Gasteiger partial charge is 0.410 e. The average molecular weight is 482 g/mol. The van der Waals surface area contributed by atoms with Gasteiger partial charge in [0, 0.05) is 12.6 Å². The van der Waals surface area contributed by atoms with Crippen LogP contribution in [0.4, 0.5) is 9.18 Å². The van der Waals surface area contributed by atoms with E-state index in [1.807, 2.05) is 20.8 Å². The van der Waals surface area contributed by atoms with Crippen molar-refractivity contribution in [2.45, 2.75) is 45.3 Å². The molecule has 2 aromatic heterocycles. The van der Waals surface area contributed by atoms with Crippen LogP contribution in [-0.4, -0.2) is 55.5 Å². The van der Waals surface area contributed by atoms with E-state index in [4.69, 9.17) is 32.7 Å². The number of halogens is 3. The summed E-state index contributed by atoms with van der Waals surface area (Å²) in [4.78, 5) is 22.3. The summed E-state index contributed by atoms with van der Waals surface area (Å²) in [5, 5.41) is 4.93. The molecule has 0 N–H and O–H groups in total. The molecule has 0 saturated carbocycles. The number of fused-ring (bicyclic) bond motifs is 1. The molecule has 1 aromatic carbocycles. The molecular weight excluding hydrogens is 460 g/mol. The highest BCUT2D eigenvalue weighted by molar-refractivity contribution is 6.35. The number of ether oxygens (including phenoxy) is 2. The summed E-state index contributed by atoms with van der Waals surface area (Å²) in [6.45, 7) is 6.22. The fourth-order valence-corrected chi connectivity index (χ4v) is 3.98. The Morgan fingerprint density at radius 2 is 2.06 bits per heavy atom. The van der Waals surface area contributed by atoms with Crippen molar-refractivity contribution in [1.29, 1.82) is 0 Å². The first-order chi connectivity index (χ1) is 15.1. The lowest BCUT2D eigenvalue weighted by Crippen LogP contribution is -2.42. The number of hydrogen-bond acceptors (Lipinski definition) is 6. The molecule has 1 unspecified atom stereocenters. The van der Waals surface area contributed by atoms with E-state index in [1.165, 1.54) is 29.1 Å². The maximum absolute atomic E-state index is 14.1. The third kappa shape index (κ3) is 4.73. The van der Waals surface area contributed by atoms with Crippen LogP contribution in [-0.2, 0) is 4.74 Å². The number of benzene rings is 1. The van der Waals surface area contributed by atoms with E-state index in [9.17, 15) is 9.18 Å². The van der Waals surface area contributed by atoms with Crippen LogP contribution in [0.2, 0.25) is 10.4 Å². The van der Waals surface area contributed by atoms with Crippen molar-refractivity contribution in [3.05, 3.63) is 40.6 Å². The lowest BCUT2D eigenvalue weighted by Gasteiger charge is -2.28. The lowest BCUT2D eigenvalue weighted by atomic mass is 10.2. The molecule has 1 aliphatic rings. The van der Waals surface area contributed by atoms with E-state index in [1.54, 1.807) is 4.90 Å². The Bertz CT molecular complexity index is 1160. The Morgan fingerprint density at radius 3 is 2.81 bits per heavy atom. The van der Waals surface area contributed by atoms with Crippen molar-refractivity contribution >= 4 is 40.3 Å². The Labute approximate surface area is 194 Å². The highest BCUT2D eigenvalue weighted by Crippen LogP contribution is 2.30. The number of aromatic nitrogens is 4. The summed E-state index contributed by atoms with van der Waals surface area (Å²) in [5.74, 6) is -0.224. The van der Waals surface area contributed by atoms with Gasteiger partial charge in [0.1, 0.15) is 34.6 Å². The maximum atomic E-state index is 14.1. The van der Waals surface area contributed by atoms with Crippen LogP contribution in [0.1, 0.15) is 33.6 Å². The Morgan fingerprint density at radius 1 is 1.28 bits per heavy atom. The minimum Gasteiger partial charge on any atom is -0.489 e. The first kappa shape index (κ1) is 22.5. The molecule has 11 heteroatoms. The highest BCUT2D eigenvalue weighted by Gasteiger charge is 2.33. The van der Waals surface area contributed by atoms with Gasteiger partial charge in [0.25, 0.3) is 0 Å². The molecule has 1 fully saturated rings. The SMILES string of the molecule is CC(C)(C)OC(=O)N1CCCC1COc1cc(F)ccc1-n1ncc2c(Cl)nc(Cl)nc21. The van der Waals surface area contributed by atoms with E-state index in [0.717, 1.165) is 12.8 Å². The fraction of sp³-hybridized carbons (Fsp3) is 0.429. The van der Waals surface area contributed by atoms with Gasteiger partial charge in [0.15, 0.2) is 5.65 Å². The number of carbonyl (C=O) groups excluding carboxylic acids is 1. The van der Waals surface area contributed by atoms with Crippen molar-refractivity contribution in [2.75, 3.05) is 13.2 Å². The Balaban J connectivity index is 1.60. The molecule has 3 aromatic rings. The number of likely N-dealkylation sites (tertiary alicyclic amines) is 1. The molecule has 0 aliphatic carbocycles. The molecule has 170 valence electrons. The van der Waals surface area contributed by atoms with E-state index >= 15 is 0 Å². The summed E-state index contributed by atoms with van der Waals surface area (Å²) in [7, 11) is 0. The zero-order valence-corrected chi connectivity index (χ0v) is 19.3. The van der Waals surface area contributed by atoms with E-state index < -0.39 is 11.4 Å². The van der Waals surface area contributed by atoms with Gasteiger partial charge in [-0.05, 0) is 57.3 Å². The van der Waals surface area contributed by atoms with Crippen molar-refractivity contribution < 1.29 is 18.7 Å². The molecule has 8 nitrogen and oxygen atoms in total. The number of carbonyl (C=O) groups is 1. The zero-order valence-electron chi connectivity index (χ0n) is 17.8. The zero-order chi connectivity index (χ0) is 23.0. The van der Waals surface area contributed by atoms with Crippen LogP contribution in [0.25, 0.3) is 16.7 Å². The number of rotatable bonds is 4. The van der Waals surface area contributed by atoms with E-state index in [-0.39, 0.29) is 34.9 Å². The van der Waals surface area contributed by atoms with Crippen molar-refractivity contribution in [3.63, 3.8) is 0 Å². The summed E-state index contributed by atoms with van der Waals surface area (Å²) in [5.41, 5.74) is 0.226. The van der Waals surface area contributed by atoms with Crippen LogP contribution in [0.3, 0.4) is 0 Å². The first-order valence-electron chi connectivity index (χ1n) is 10.1. The summed E-state index contributed by atoms with van der Waals surface area (Å²) in [6, 6.07) is 3.89. The van der Waals surface area contributed by atoms with Gasteiger partial charge in [0.2, 0.25) is 5.28 Å². The minimum atomic E-state index is -0.591. The van der Waals surface area contributed by atoms with Gasteiger partial charge in [-0.3, -0.25) is 0 Å². The van der Waals surface area contributed by atoms with Crippen LogP contribution in [0, 0.1) is 5.82 Å². The second-order valence-corrected chi connectivity index (χ2v) is 9.17. The van der Waals surface area contributed by atoms with Crippen LogP contribution in [0.5, 0.6) is 5.75 Å². The van der Waals surface area contributed by atoms with Gasteiger partial charge in [-0.1, -0.05) is 11.6 Å². The summed E-state index contributed by atoms with van der Waals surface area (Å²) < 4.78 is 27.0. The largest absolute Gasteiger partial charge is 0.489 e. The van der Waals surface area contributed by atoms with Gasteiger partial charge in [-0.15, -0.1) is 0 Å². The molecular formula is C21H22Cl2FN5O3. The second-order valence-electron chi connectivity index (χ2n) is 8.47. The van der Waals surface area contributed by atoms with Crippen LogP contribution in [0.15, 0.2) is 24.4 Å². The summed E-state index contributed by atoms with van der Waals surface area (Å²) >= 11 is 12.1. The lowest BCUT2D eigenvalue weighted by molar-refractivity contribution is 0.0187. The van der Waals surface area contributed by atoms with Gasteiger partial charge < -0.3 is 14.4 Å². The van der Waals surface area contributed by atoms with Gasteiger partial charge in [-0.25, -0.2) is 18.9 Å². The van der Waals surface area contributed by atoms with Gasteiger partial charge >= 0.3 is 6.09 Å². The Hall–Kier alpha value is -2.65. The molecule has 32 heavy (non-hydrogen) atoms.